The third-order valence-corrected chi connectivity index (χ3v) is 4.93. The molecule has 2 rings (SSSR count). The lowest BCUT2D eigenvalue weighted by Gasteiger charge is -2.38. The van der Waals surface area contributed by atoms with Gasteiger partial charge in [-0.3, -0.25) is 9.59 Å². The summed E-state index contributed by atoms with van der Waals surface area (Å²) in [5.41, 5.74) is 0.548. The molecule has 1 aromatic rings. The molecule has 2 atom stereocenters. The zero-order valence-corrected chi connectivity index (χ0v) is 15.5. The van der Waals surface area contributed by atoms with Crippen LogP contribution in [-0.4, -0.2) is 43.1 Å². The van der Waals surface area contributed by atoms with Gasteiger partial charge in [-0.05, 0) is 37.8 Å². The maximum absolute atomic E-state index is 13.2. The van der Waals surface area contributed by atoms with Crippen LogP contribution >= 0.6 is 0 Å². The lowest BCUT2D eigenvalue weighted by atomic mass is 9.84. The highest BCUT2D eigenvalue weighted by Crippen LogP contribution is 2.30. The summed E-state index contributed by atoms with van der Waals surface area (Å²) in [5, 5.41) is 0. The van der Waals surface area contributed by atoms with Crippen molar-refractivity contribution in [3.05, 3.63) is 29.8 Å². The predicted octanol–water partition coefficient (Wildman–Crippen LogP) is 3.67. The predicted molar refractivity (Wildman–Crippen MR) is 96.7 cm³/mol. The number of hydrogen-bond acceptors (Lipinski definition) is 4. The number of carbonyl (C=O) groups is 2. The summed E-state index contributed by atoms with van der Waals surface area (Å²) >= 11 is 0. The number of benzene rings is 1. The smallest absolute Gasteiger partial charge is 0.307 e. The minimum absolute atomic E-state index is 0.0690. The molecule has 5 nitrogen and oxygen atoms in total. The Bertz CT molecular complexity index is 587. The molecule has 0 saturated heterocycles. The molecule has 1 aromatic carbocycles. The Morgan fingerprint density at radius 3 is 2.60 bits per heavy atom. The molecule has 1 amide bonds. The molecule has 0 aliphatic heterocycles. The monoisotopic (exact) mass is 347 g/mol. The Morgan fingerprint density at radius 1 is 1.20 bits per heavy atom. The van der Waals surface area contributed by atoms with Crippen LogP contribution in [0.4, 0.5) is 0 Å². The number of ether oxygens (including phenoxy) is 2. The maximum Gasteiger partial charge on any atom is 0.307 e. The Labute approximate surface area is 150 Å². The second-order valence-corrected chi connectivity index (χ2v) is 6.58. The third-order valence-electron chi connectivity index (χ3n) is 4.93. The molecule has 2 unspecified atom stereocenters. The van der Waals surface area contributed by atoms with Gasteiger partial charge >= 0.3 is 5.97 Å². The molecule has 0 aromatic heterocycles. The average molecular weight is 347 g/mol. The van der Waals surface area contributed by atoms with Crippen LogP contribution in [0.5, 0.6) is 5.75 Å². The van der Waals surface area contributed by atoms with E-state index in [1.54, 1.807) is 26.2 Å². The van der Waals surface area contributed by atoms with Crippen molar-refractivity contribution in [2.75, 3.05) is 20.3 Å². The van der Waals surface area contributed by atoms with E-state index < -0.39 is 0 Å². The summed E-state index contributed by atoms with van der Waals surface area (Å²) in [4.78, 5) is 26.9. The maximum atomic E-state index is 13.2. The van der Waals surface area contributed by atoms with Crippen LogP contribution in [0.2, 0.25) is 0 Å². The highest BCUT2D eigenvalue weighted by molar-refractivity contribution is 5.97. The third kappa shape index (κ3) is 4.97. The van der Waals surface area contributed by atoms with Crippen molar-refractivity contribution in [2.45, 2.75) is 52.0 Å². The molecule has 1 aliphatic carbocycles. The van der Waals surface area contributed by atoms with Crippen molar-refractivity contribution in [1.82, 2.24) is 4.90 Å². The molecule has 138 valence electrons. The Balaban J connectivity index is 2.23. The second-order valence-electron chi connectivity index (χ2n) is 6.58. The fraction of sp³-hybridized carbons (Fsp3) is 0.600. The molecular formula is C20H29NO4. The van der Waals surface area contributed by atoms with Gasteiger partial charge in [-0.1, -0.05) is 31.9 Å². The number of rotatable bonds is 7. The van der Waals surface area contributed by atoms with Gasteiger partial charge in [0, 0.05) is 12.6 Å². The highest BCUT2D eigenvalue weighted by Gasteiger charge is 2.32. The first kappa shape index (κ1) is 19.3. The molecule has 0 radical (unpaired) electrons. The van der Waals surface area contributed by atoms with E-state index >= 15 is 0 Å². The van der Waals surface area contributed by atoms with Crippen molar-refractivity contribution in [2.24, 2.45) is 5.92 Å². The van der Waals surface area contributed by atoms with E-state index in [1.165, 1.54) is 6.42 Å². The number of para-hydroxylation sites is 1. The molecule has 1 saturated carbocycles. The van der Waals surface area contributed by atoms with Crippen molar-refractivity contribution in [1.29, 1.82) is 0 Å². The second kappa shape index (κ2) is 9.44. The van der Waals surface area contributed by atoms with Gasteiger partial charge in [-0.25, -0.2) is 0 Å². The Hall–Kier alpha value is -2.04. The van der Waals surface area contributed by atoms with Crippen LogP contribution in [0.1, 0.15) is 56.3 Å². The van der Waals surface area contributed by atoms with Crippen LogP contribution in [0.15, 0.2) is 24.3 Å². The van der Waals surface area contributed by atoms with E-state index in [9.17, 15) is 9.59 Å². The van der Waals surface area contributed by atoms with Crippen molar-refractivity contribution < 1.29 is 19.1 Å². The van der Waals surface area contributed by atoms with Gasteiger partial charge in [0.2, 0.25) is 0 Å². The first-order valence-corrected chi connectivity index (χ1v) is 9.18. The minimum Gasteiger partial charge on any atom is -0.496 e. The van der Waals surface area contributed by atoms with E-state index in [0.29, 0.717) is 30.4 Å². The summed E-state index contributed by atoms with van der Waals surface area (Å²) < 4.78 is 10.4. The molecule has 0 spiro atoms. The van der Waals surface area contributed by atoms with E-state index in [-0.39, 0.29) is 24.3 Å². The number of carbonyl (C=O) groups excluding carboxylic acids is 2. The van der Waals surface area contributed by atoms with Gasteiger partial charge in [0.15, 0.2) is 0 Å². The first-order valence-electron chi connectivity index (χ1n) is 9.18. The van der Waals surface area contributed by atoms with Gasteiger partial charge in [-0.15, -0.1) is 0 Å². The van der Waals surface area contributed by atoms with E-state index in [2.05, 4.69) is 6.92 Å². The zero-order chi connectivity index (χ0) is 18.2. The molecule has 0 bridgehead atoms. The summed E-state index contributed by atoms with van der Waals surface area (Å²) in [6.45, 7) is 4.72. The van der Waals surface area contributed by atoms with Crippen LogP contribution in [0.25, 0.3) is 0 Å². The largest absolute Gasteiger partial charge is 0.496 e. The fourth-order valence-electron chi connectivity index (χ4n) is 3.60. The van der Waals surface area contributed by atoms with Crippen LogP contribution in [0.3, 0.4) is 0 Å². The van der Waals surface area contributed by atoms with Gasteiger partial charge in [0.25, 0.3) is 5.91 Å². The zero-order valence-electron chi connectivity index (χ0n) is 15.5. The molecule has 25 heavy (non-hydrogen) atoms. The van der Waals surface area contributed by atoms with E-state index in [0.717, 1.165) is 19.3 Å². The number of esters is 1. The number of hydrogen-bond donors (Lipinski definition) is 0. The lowest BCUT2D eigenvalue weighted by molar-refractivity contribution is -0.143. The SMILES string of the molecule is CCOC(=O)CCN(C(=O)c1ccccc1OC)C1CCCCC1C. The van der Waals surface area contributed by atoms with Gasteiger partial charge < -0.3 is 14.4 Å². The number of amides is 1. The standard InChI is InChI=1S/C20H29NO4/c1-4-25-19(22)13-14-21(17-11-7-5-9-15(17)2)20(23)16-10-6-8-12-18(16)24-3/h6,8,10,12,15,17H,4-5,7,9,11,13-14H2,1-3H3. The van der Waals surface area contributed by atoms with Crippen LogP contribution in [0, 0.1) is 5.92 Å². The molecule has 0 heterocycles. The van der Waals surface area contributed by atoms with E-state index in [1.807, 2.05) is 17.0 Å². The molecular weight excluding hydrogens is 318 g/mol. The Kier molecular flexibility index (Phi) is 7.29. The van der Waals surface area contributed by atoms with Crippen molar-refractivity contribution in [3.63, 3.8) is 0 Å². The van der Waals surface area contributed by atoms with Gasteiger partial charge in [0.1, 0.15) is 5.75 Å². The van der Waals surface area contributed by atoms with Crippen molar-refractivity contribution in [3.8, 4) is 5.75 Å². The van der Waals surface area contributed by atoms with Crippen LogP contribution in [-0.2, 0) is 9.53 Å². The molecule has 0 N–H and O–H groups in total. The lowest BCUT2D eigenvalue weighted by Crippen LogP contribution is -2.46. The topological polar surface area (TPSA) is 55.8 Å². The molecule has 1 fully saturated rings. The molecule has 1 aliphatic rings. The number of methoxy groups -OCH3 is 1. The summed E-state index contributed by atoms with van der Waals surface area (Å²) in [7, 11) is 1.57. The average Bonchev–Trinajstić information content (AvgIpc) is 2.63. The first-order chi connectivity index (χ1) is 12.1. The van der Waals surface area contributed by atoms with Gasteiger partial charge in [-0.2, -0.15) is 0 Å². The number of nitrogens with zero attached hydrogens (tertiary/aromatic N) is 1. The molecule has 5 heteroatoms. The summed E-state index contributed by atoms with van der Waals surface area (Å²) in [6.07, 6.45) is 4.62. The van der Waals surface area contributed by atoms with Gasteiger partial charge in [0.05, 0.1) is 25.7 Å². The Morgan fingerprint density at radius 2 is 1.92 bits per heavy atom. The minimum atomic E-state index is -0.260. The summed E-state index contributed by atoms with van der Waals surface area (Å²) in [5.74, 6) is 0.663. The summed E-state index contributed by atoms with van der Waals surface area (Å²) in [6, 6.07) is 7.42. The quantitative estimate of drug-likeness (QED) is 0.706. The van der Waals surface area contributed by atoms with Crippen LogP contribution < -0.4 is 4.74 Å². The van der Waals surface area contributed by atoms with Crippen molar-refractivity contribution >= 4 is 11.9 Å². The normalized spacial score (nSPS) is 20.0. The fourth-order valence-corrected chi connectivity index (χ4v) is 3.60. The van der Waals surface area contributed by atoms with E-state index in [4.69, 9.17) is 9.47 Å². The highest BCUT2D eigenvalue weighted by atomic mass is 16.5.